The Hall–Kier alpha value is 0.270. The highest BCUT2D eigenvalue weighted by atomic mass is 32.2. The van der Waals surface area contributed by atoms with Crippen molar-refractivity contribution in [3.05, 3.63) is 0 Å². The molecule has 2 bridgehead atoms. The van der Waals surface area contributed by atoms with Crippen LogP contribution in [0.25, 0.3) is 0 Å². The smallest absolute Gasteiger partial charge is 0.0708 e. The molecule has 0 aliphatic carbocycles. The van der Waals surface area contributed by atoms with E-state index in [2.05, 4.69) is 28.6 Å². The van der Waals surface area contributed by atoms with Gasteiger partial charge in [0.05, 0.1) is 4.87 Å². The van der Waals surface area contributed by atoms with E-state index in [0.717, 1.165) is 29.4 Å². The van der Waals surface area contributed by atoms with Gasteiger partial charge in [-0.05, 0) is 52.0 Å². The molecule has 18 heavy (non-hydrogen) atoms. The first-order chi connectivity index (χ1) is 8.77. The average molecular weight is 264 g/mol. The van der Waals surface area contributed by atoms with Crippen LogP contribution in [-0.4, -0.2) is 51.1 Å². The Bertz CT molecular complexity index is 371. The van der Waals surface area contributed by atoms with Crippen LogP contribution in [0.2, 0.25) is 0 Å². The summed E-state index contributed by atoms with van der Waals surface area (Å²) in [5, 5.41) is 0.949. The van der Waals surface area contributed by atoms with Crippen molar-refractivity contribution in [1.29, 1.82) is 0 Å². The third-order valence-electron chi connectivity index (χ3n) is 6.64. The van der Waals surface area contributed by atoms with Crippen molar-refractivity contribution in [2.24, 2.45) is 0 Å². The largest absolute Gasteiger partial charge is 0.299 e. The molecular weight excluding hydrogens is 240 g/mol. The molecule has 0 amide bonds. The van der Waals surface area contributed by atoms with Gasteiger partial charge < -0.3 is 0 Å². The quantitative estimate of drug-likeness (QED) is 0.757. The first-order valence-electron chi connectivity index (χ1n) is 7.95. The fourth-order valence-corrected chi connectivity index (χ4v) is 8.16. The van der Waals surface area contributed by atoms with Gasteiger partial charge in [0.1, 0.15) is 0 Å². The predicted octanol–water partition coefficient (Wildman–Crippen LogP) is 2.68. The summed E-state index contributed by atoms with van der Waals surface area (Å²) in [5.41, 5.74) is 0. The Labute approximate surface area is 114 Å². The Morgan fingerprint density at radius 3 is 2.50 bits per heavy atom. The van der Waals surface area contributed by atoms with Gasteiger partial charge in [-0.3, -0.25) is 9.80 Å². The minimum absolute atomic E-state index is 0.634. The van der Waals surface area contributed by atoms with Gasteiger partial charge in [0, 0.05) is 29.4 Å². The van der Waals surface area contributed by atoms with E-state index in [1.54, 1.807) is 0 Å². The Kier molecular flexibility index (Phi) is 2.12. The second kappa shape index (κ2) is 3.48. The van der Waals surface area contributed by atoms with Crippen LogP contribution in [0.4, 0.5) is 0 Å². The highest BCUT2D eigenvalue weighted by Gasteiger charge is 2.67. The molecule has 0 aromatic rings. The van der Waals surface area contributed by atoms with Gasteiger partial charge in [0.25, 0.3) is 0 Å². The molecule has 100 valence electrons. The highest BCUT2D eigenvalue weighted by Crippen LogP contribution is 2.65. The maximum Gasteiger partial charge on any atom is 0.0708 e. The van der Waals surface area contributed by atoms with Gasteiger partial charge in [-0.2, -0.15) is 0 Å². The molecule has 2 nitrogen and oxygen atoms in total. The van der Waals surface area contributed by atoms with Crippen LogP contribution in [0.1, 0.15) is 51.4 Å². The van der Waals surface area contributed by atoms with Crippen molar-refractivity contribution in [3.8, 4) is 0 Å². The second-order valence-corrected chi connectivity index (χ2v) is 8.96. The lowest BCUT2D eigenvalue weighted by molar-refractivity contribution is -0.102. The molecule has 0 saturated carbocycles. The lowest BCUT2D eigenvalue weighted by Crippen LogP contribution is -2.73. The molecule has 6 atom stereocenters. The van der Waals surface area contributed by atoms with Crippen molar-refractivity contribution in [2.45, 2.75) is 85.7 Å². The fourth-order valence-electron chi connectivity index (χ4n) is 5.80. The van der Waals surface area contributed by atoms with Crippen LogP contribution in [0.3, 0.4) is 0 Å². The maximum atomic E-state index is 2.90. The average Bonchev–Trinajstić information content (AvgIpc) is 2.61. The normalized spacial score (nSPS) is 58.2. The molecule has 5 saturated heterocycles. The van der Waals surface area contributed by atoms with E-state index < -0.39 is 0 Å². The first kappa shape index (κ1) is 11.0. The summed E-state index contributed by atoms with van der Waals surface area (Å²) in [7, 11) is 2.38. The van der Waals surface area contributed by atoms with Crippen molar-refractivity contribution >= 4 is 11.8 Å². The van der Waals surface area contributed by atoms with Gasteiger partial charge in [-0.15, -0.1) is 11.8 Å². The molecule has 0 spiro atoms. The van der Waals surface area contributed by atoms with Crippen LogP contribution in [0.15, 0.2) is 0 Å². The van der Waals surface area contributed by atoms with Crippen LogP contribution in [0, 0.1) is 0 Å². The molecule has 0 aromatic heterocycles. The van der Waals surface area contributed by atoms with Crippen molar-refractivity contribution in [3.63, 3.8) is 0 Å². The fraction of sp³-hybridized carbons (Fsp3) is 1.00. The van der Waals surface area contributed by atoms with Gasteiger partial charge in [0.15, 0.2) is 0 Å². The number of piperidine rings is 2. The number of nitrogens with zero attached hydrogens (tertiary/aromatic N) is 2. The van der Waals surface area contributed by atoms with Crippen molar-refractivity contribution in [2.75, 3.05) is 7.05 Å². The lowest BCUT2D eigenvalue weighted by atomic mass is 9.81. The van der Waals surface area contributed by atoms with Crippen molar-refractivity contribution < 1.29 is 0 Å². The molecule has 5 heterocycles. The molecule has 0 aromatic carbocycles. The summed E-state index contributed by atoms with van der Waals surface area (Å²) in [4.78, 5) is 6.25. The standard InChI is InChI=1S/C15H24N2S/c1-16-10-3-2-4-13(16)14(7-10)18-15-8-11-5-6-12(9-15)17(11)15/h10-14H,2-9H2,1H3/t10-,11-,12+,13+,14?,15?/m0/s1. The van der Waals surface area contributed by atoms with E-state index in [-0.39, 0.29) is 0 Å². The lowest BCUT2D eigenvalue weighted by Gasteiger charge is -2.67. The zero-order valence-corrected chi connectivity index (χ0v) is 12.2. The van der Waals surface area contributed by atoms with Crippen LogP contribution in [-0.2, 0) is 0 Å². The monoisotopic (exact) mass is 264 g/mol. The molecule has 3 heteroatoms. The number of hydrogen-bond acceptors (Lipinski definition) is 3. The number of thioether (sulfide) groups is 1. The second-order valence-electron chi connectivity index (χ2n) is 7.36. The molecular formula is C15H24N2S. The molecule has 5 aliphatic rings. The zero-order chi connectivity index (χ0) is 11.9. The summed E-state index contributed by atoms with van der Waals surface area (Å²) in [6.07, 6.45) is 11.9. The van der Waals surface area contributed by atoms with Gasteiger partial charge in [-0.1, -0.05) is 6.42 Å². The summed E-state index contributed by atoms with van der Waals surface area (Å²) in [5.74, 6) is 0. The van der Waals surface area contributed by atoms with E-state index >= 15 is 0 Å². The molecule has 2 unspecified atom stereocenters. The Morgan fingerprint density at radius 2 is 1.78 bits per heavy atom. The van der Waals surface area contributed by atoms with Crippen LogP contribution >= 0.6 is 11.8 Å². The molecule has 0 N–H and O–H groups in total. The predicted molar refractivity (Wildman–Crippen MR) is 75.8 cm³/mol. The number of hydrogen-bond donors (Lipinski definition) is 0. The number of fused-ring (bicyclic) bond motifs is 2. The summed E-state index contributed by atoms with van der Waals surface area (Å²) >= 11 is 2.40. The summed E-state index contributed by atoms with van der Waals surface area (Å²) < 4.78 is 0. The maximum absolute atomic E-state index is 2.90. The minimum Gasteiger partial charge on any atom is -0.299 e. The van der Waals surface area contributed by atoms with Gasteiger partial charge >= 0.3 is 0 Å². The summed E-state index contributed by atoms with van der Waals surface area (Å²) in [6, 6.07) is 3.82. The third kappa shape index (κ3) is 1.20. The molecule has 5 rings (SSSR count). The Balaban J connectivity index is 1.34. The molecule has 0 radical (unpaired) electrons. The first-order valence-corrected chi connectivity index (χ1v) is 8.83. The van der Waals surface area contributed by atoms with Gasteiger partial charge in [-0.25, -0.2) is 0 Å². The molecule has 5 fully saturated rings. The SMILES string of the molecule is CN1[C@H]2CCC[C@@H]1C(SC13C[C@H]4CC[C@@H](C1)N43)C2. The van der Waals surface area contributed by atoms with Gasteiger partial charge in [0.2, 0.25) is 0 Å². The van der Waals surface area contributed by atoms with E-state index in [1.165, 1.54) is 51.4 Å². The topological polar surface area (TPSA) is 6.48 Å². The van der Waals surface area contributed by atoms with E-state index in [4.69, 9.17) is 0 Å². The van der Waals surface area contributed by atoms with Crippen LogP contribution in [0.5, 0.6) is 0 Å². The minimum atomic E-state index is 0.634. The highest BCUT2D eigenvalue weighted by molar-refractivity contribution is 8.01. The van der Waals surface area contributed by atoms with E-state index in [9.17, 15) is 0 Å². The van der Waals surface area contributed by atoms with Crippen LogP contribution < -0.4 is 0 Å². The van der Waals surface area contributed by atoms with Crippen molar-refractivity contribution in [1.82, 2.24) is 9.80 Å². The Morgan fingerprint density at radius 1 is 1.00 bits per heavy atom. The summed E-state index contributed by atoms with van der Waals surface area (Å²) in [6.45, 7) is 0. The molecule has 5 aliphatic heterocycles. The number of rotatable bonds is 2. The third-order valence-corrected chi connectivity index (χ3v) is 8.43. The van der Waals surface area contributed by atoms with E-state index in [0.29, 0.717) is 4.87 Å². The zero-order valence-electron chi connectivity index (χ0n) is 11.3. The van der Waals surface area contributed by atoms with E-state index in [1.807, 2.05) is 0 Å².